The molecule has 1 N–H and O–H groups in total. The quantitative estimate of drug-likeness (QED) is 0.398. The topological polar surface area (TPSA) is 33.1 Å². The fourth-order valence-electron chi connectivity index (χ4n) is 2.76. The number of aryl methyl sites for hydroxylation is 1. The van der Waals surface area contributed by atoms with E-state index in [0.29, 0.717) is 5.92 Å². The first-order chi connectivity index (χ1) is 10.7. The molecule has 0 spiro atoms. The SMILES string of the molecule is CC.CC/C=C(/OC(=N)c1ccc(C)cc1)C1CCCCC1. The molecule has 0 atom stereocenters. The van der Waals surface area contributed by atoms with Crippen LogP contribution in [-0.4, -0.2) is 5.90 Å². The van der Waals surface area contributed by atoms with Crippen molar-refractivity contribution >= 4 is 5.90 Å². The molecule has 1 aliphatic carbocycles. The Kier molecular flexibility index (Phi) is 8.57. The Labute approximate surface area is 136 Å². The average Bonchev–Trinajstić information content (AvgIpc) is 2.57. The molecule has 2 rings (SSSR count). The van der Waals surface area contributed by atoms with Crippen LogP contribution in [0.15, 0.2) is 36.1 Å². The van der Waals surface area contributed by atoms with E-state index in [1.807, 2.05) is 38.1 Å². The van der Waals surface area contributed by atoms with Gasteiger partial charge in [-0.05, 0) is 44.4 Å². The van der Waals surface area contributed by atoms with E-state index in [1.54, 1.807) is 0 Å². The van der Waals surface area contributed by atoms with Crippen LogP contribution in [0, 0.1) is 18.3 Å². The first kappa shape index (κ1) is 18.5. The van der Waals surface area contributed by atoms with Crippen LogP contribution in [0.3, 0.4) is 0 Å². The van der Waals surface area contributed by atoms with E-state index in [9.17, 15) is 0 Å². The molecule has 1 aromatic carbocycles. The van der Waals surface area contributed by atoms with Gasteiger partial charge in [-0.3, -0.25) is 5.41 Å². The van der Waals surface area contributed by atoms with Crippen molar-refractivity contribution < 1.29 is 4.74 Å². The van der Waals surface area contributed by atoms with Crippen molar-refractivity contribution in [2.75, 3.05) is 0 Å². The van der Waals surface area contributed by atoms with Gasteiger partial charge in [0.15, 0.2) is 0 Å². The minimum Gasteiger partial charge on any atom is -0.443 e. The second-order valence-corrected chi connectivity index (χ2v) is 5.65. The standard InChI is InChI=1S/C18H25NO.C2H6/c1-3-7-17(15-8-5-4-6-9-15)20-18(19)16-12-10-14(2)11-13-16;1-2/h7,10-13,15,19H,3-6,8-9H2,1-2H3;1-2H3/b17-7+,19-18?;. The van der Waals surface area contributed by atoms with Gasteiger partial charge in [-0.15, -0.1) is 0 Å². The van der Waals surface area contributed by atoms with Gasteiger partial charge in [0.05, 0.1) is 0 Å². The number of rotatable bonds is 4. The van der Waals surface area contributed by atoms with Crippen molar-refractivity contribution in [2.24, 2.45) is 5.92 Å². The van der Waals surface area contributed by atoms with Gasteiger partial charge < -0.3 is 4.74 Å². The van der Waals surface area contributed by atoms with Gasteiger partial charge >= 0.3 is 0 Å². The molecule has 0 aromatic heterocycles. The Bertz CT molecular complexity index is 467. The van der Waals surface area contributed by atoms with Crippen LogP contribution >= 0.6 is 0 Å². The largest absolute Gasteiger partial charge is 0.443 e. The molecule has 0 bridgehead atoms. The van der Waals surface area contributed by atoms with E-state index in [2.05, 4.69) is 19.9 Å². The second kappa shape index (κ2) is 10.2. The van der Waals surface area contributed by atoms with Crippen LogP contribution in [0.2, 0.25) is 0 Å². The highest BCUT2D eigenvalue weighted by atomic mass is 16.5. The summed E-state index contributed by atoms with van der Waals surface area (Å²) in [5.41, 5.74) is 2.06. The van der Waals surface area contributed by atoms with Gasteiger partial charge in [-0.2, -0.15) is 0 Å². The highest BCUT2D eigenvalue weighted by Crippen LogP contribution is 2.31. The summed E-state index contributed by atoms with van der Waals surface area (Å²) in [6.07, 6.45) is 9.43. The zero-order chi connectivity index (χ0) is 16.4. The first-order valence-electron chi connectivity index (χ1n) is 8.74. The lowest BCUT2D eigenvalue weighted by Gasteiger charge is -2.24. The molecule has 0 aliphatic heterocycles. The molecule has 1 saturated carbocycles. The summed E-state index contributed by atoms with van der Waals surface area (Å²) in [4.78, 5) is 0. The lowest BCUT2D eigenvalue weighted by molar-refractivity contribution is 0.279. The summed E-state index contributed by atoms with van der Waals surface area (Å²) < 4.78 is 5.90. The Morgan fingerprint density at radius 1 is 1.14 bits per heavy atom. The average molecular weight is 301 g/mol. The van der Waals surface area contributed by atoms with Crippen LogP contribution in [0.1, 0.15) is 70.4 Å². The summed E-state index contributed by atoms with van der Waals surface area (Å²) in [5, 5.41) is 8.16. The Balaban J connectivity index is 0.00000116. The number of ether oxygens (including phenoxy) is 1. The van der Waals surface area contributed by atoms with Crippen LogP contribution < -0.4 is 0 Å². The first-order valence-corrected chi connectivity index (χ1v) is 8.74. The summed E-state index contributed by atoms with van der Waals surface area (Å²) in [6.45, 7) is 8.18. The molecule has 1 aromatic rings. The Morgan fingerprint density at radius 2 is 1.73 bits per heavy atom. The minimum atomic E-state index is 0.273. The molecule has 122 valence electrons. The molecule has 0 heterocycles. The number of hydrogen-bond acceptors (Lipinski definition) is 2. The minimum absolute atomic E-state index is 0.273. The zero-order valence-electron chi connectivity index (χ0n) is 14.6. The summed E-state index contributed by atoms with van der Waals surface area (Å²) >= 11 is 0. The van der Waals surface area contributed by atoms with Crippen molar-refractivity contribution in [3.63, 3.8) is 0 Å². The lowest BCUT2D eigenvalue weighted by atomic mass is 9.87. The third-order valence-corrected chi connectivity index (χ3v) is 3.95. The van der Waals surface area contributed by atoms with Gasteiger partial charge in [-0.25, -0.2) is 0 Å². The van der Waals surface area contributed by atoms with E-state index in [-0.39, 0.29) is 5.90 Å². The molecule has 22 heavy (non-hydrogen) atoms. The molecule has 2 heteroatoms. The summed E-state index contributed by atoms with van der Waals surface area (Å²) in [6, 6.07) is 7.97. The zero-order valence-corrected chi connectivity index (χ0v) is 14.6. The molecular weight excluding hydrogens is 270 g/mol. The van der Waals surface area contributed by atoms with Crippen LogP contribution in [0.4, 0.5) is 0 Å². The van der Waals surface area contributed by atoms with Crippen molar-refractivity contribution in [2.45, 2.75) is 66.2 Å². The van der Waals surface area contributed by atoms with E-state index >= 15 is 0 Å². The van der Waals surface area contributed by atoms with E-state index in [4.69, 9.17) is 10.1 Å². The second-order valence-electron chi connectivity index (χ2n) is 5.65. The van der Waals surface area contributed by atoms with Gasteiger partial charge in [0.25, 0.3) is 0 Å². The molecular formula is C20H31NO. The molecule has 1 aliphatic rings. The summed E-state index contributed by atoms with van der Waals surface area (Å²) in [7, 11) is 0. The number of benzene rings is 1. The van der Waals surface area contributed by atoms with Crippen LogP contribution in [0.25, 0.3) is 0 Å². The number of allylic oxidation sites excluding steroid dienone is 2. The van der Waals surface area contributed by atoms with Crippen LogP contribution in [-0.2, 0) is 4.74 Å². The molecule has 2 nitrogen and oxygen atoms in total. The maximum Gasteiger partial charge on any atom is 0.218 e. The monoisotopic (exact) mass is 301 g/mol. The highest BCUT2D eigenvalue weighted by Gasteiger charge is 2.20. The smallest absolute Gasteiger partial charge is 0.218 e. The molecule has 0 radical (unpaired) electrons. The number of hydrogen-bond donors (Lipinski definition) is 1. The number of nitrogens with one attached hydrogen (secondary N) is 1. The lowest BCUT2D eigenvalue weighted by Crippen LogP contribution is -2.15. The Hall–Kier alpha value is -1.57. The van der Waals surface area contributed by atoms with Gasteiger partial charge in [0.2, 0.25) is 5.90 Å². The van der Waals surface area contributed by atoms with Crippen molar-refractivity contribution in [1.29, 1.82) is 5.41 Å². The predicted octanol–water partition coefficient (Wildman–Crippen LogP) is 6.24. The van der Waals surface area contributed by atoms with E-state index in [0.717, 1.165) is 17.7 Å². The van der Waals surface area contributed by atoms with Crippen molar-refractivity contribution in [1.82, 2.24) is 0 Å². The van der Waals surface area contributed by atoms with Gasteiger partial charge in [-0.1, -0.05) is 57.7 Å². The highest BCUT2D eigenvalue weighted by molar-refractivity contribution is 5.92. The summed E-state index contributed by atoms with van der Waals surface area (Å²) in [5.74, 6) is 1.79. The maximum atomic E-state index is 8.16. The fraction of sp³-hybridized carbons (Fsp3) is 0.550. The van der Waals surface area contributed by atoms with Crippen molar-refractivity contribution in [3.8, 4) is 0 Å². The van der Waals surface area contributed by atoms with Gasteiger partial charge in [0, 0.05) is 11.5 Å². The predicted molar refractivity (Wildman–Crippen MR) is 95.4 cm³/mol. The maximum absolute atomic E-state index is 8.16. The van der Waals surface area contributed by atoms with Crippen LogP contribution in [0.5, 0.6) is 0 Å². The van der Waals surface area contributed by atoms with E-state index in [1.165, 1.54) is 37.7 Å². The van der Waals surface area contributed by atoms with Gasteiger partial charge in [0.1, 0.15) is 5.76 Å². The molecule has 0 saturated heterocycles. The third-order valence-electron chi connectivity index (χ3n) is 3.95. The Morgan fingerprint density at radius 3 is 2.27 bits per heavy atom. The normalized spacial score (nSPS) is 15.7. The molecule has 0 unspecified atom stereocenters. The fourth-order valence-corrected chi connectivity index (χ4v) is 2.76. The van der Waals surface area contributed by atoms with E-state index < -0.39 is 0 Å². The molecule has 1 fully saturated rings. The molecule has 0 amide bonds. The third kappa shape index (κ3) is 5.67. The van der Waals surface area contributed by atoms with Crippen molar-refractivity contribution in [3.05, 3.63) is 47.2 Å².